The Labute approximate surface area is 199 Å². The van der Waals surface area contributed by atoms with Crippen LogP contribution in [0.15, 0.2) is 41.3 Å². The summed E-state index contributed by atoms with van der Waals surface area (Å²) in [5.41, 5.74) is 2.49. The van der Waals surface area contributed by atoms with E-state index in [0.29, 0.717) is 17.9 Å². The minimum Gasteiger partial charge on any atom is -0.462 e. The van der Waals surface area contributed by atoms with Crippen molar-refractivity contribution in [2.24, 2.45) is 0 Å². The Hall–Kier alpha value is -2.02. The Morgan fingerprint density at radius 1 is 0.938 bits per heavy atom. The summed E-state index contributed by atoms with van der Waals surface area (Å²) in [6.45, 7) is 19.9. The van der Waals surface area contributed by atoms with E-state index in [1.165, 1.54) is 18.5 Å². The molecule has 0 aliphatic carbocycles. The lowest BCUT2D eigenvalue weighted by atomic mass is 10.1. The maximum absolute atomic E-state index is 12.2. The third kappa shape index (κ3) is 10.5. The quantitative estimate of drug-likeness (QED) is 0.213. The summed E-state index contributed by atoms with van der Waals surface area (Å²) in [6, 6.07) is 11.4. The van der Waals surface area contributed by atoms with E-state index in [-0.39, 0.29) is 5.97 Å². The van der Waals surface area contributed by atoms with Crippen molar-refractivity contribution in [3.63, 3.8) is 0 Å². The summed E-state index contributed by atoms with van der Waals surface area (Å²) in [4.78, 5) is 12.9. The number of ether oxygens (including phenoxy) is 2. The van der Waals surface area contributed by atoms with E-state index in [0.717, 1.165) is 34.9 Å². The van der Waals surface area contributed by atoms with Crippen LogP contribution in [0, 0.1) is 13.8 Å². The smallest absolute Gasteiger partial charge is 0.338 e. The third-order valence-electron chi connectivity index (χ3n) is 3.93. The first-order valence-corrected chi connectivity index (χ1v) is 12.3. The van der Waals surface area contributed by atoms with Crippen LogP contribution in [-0.4, -0.2) is 30.7 Å². The standard InChI is InChI=1S/C21H27NO4S.C3H8.C2H6/c1-6-22(7-2)26-27-19-14-17(21(23)24-8-3)13-16(5)20(19)25-18-11-9-15(4)10-12-18;1-3-2;1-2/h9-14H,6-8H2,1-5H3;3H2,1-2H3;1-2H3. The van der Waals surface area contributed by atoms with E-state index in [2.05, 4.69) is 13.8 Å². The topological polar surface area (TPSA) is 48.0 Å². The van der Waals surface area contributed by atoms with Gasteiger partial charge in [-0.25, -0.2) is 9.08 Å². The number of nitrogens with zero attached hydrogens (tertiary/aromatic N) is 1. The molecule has 0 amide bonds. The molecule has 0 aromatic heterocycles. The average Bonchev–Trinajstić information content (AvgIpc) is 2.79. The molecule has 0 aliphatic rings. The van der Waals surface area contributed by atoms with Crippen molar-refractivity contribution >= 4 is 18.0 Å². The summed E-state index contributed by atoms with van der Waals surface area (Å²) in [6.07, 6.45) is 1.25. The summed E-state index contributed by atoms with van der Waals surface area (Å²) in [5.74, 6) is 1.05. The molecule has 6 heteroatoms. The molecule has 0 radical (unpaired) electrons. The van der Waals surface area contributed by atoms with Crippen LogP contribution in [0.2, 0.25) is 0 Å². The molecule has 2 aromatic carbocycles. The molecule has 2 aromatic rings. The zero-order valence-electron chi connectivity index (χ0n) is 21.3. The molecule has 2 rings (SSSR count). The number of hydroxylamine groups is 2. The fourth-order valence-corrected chi connectivity index (χ4v) is 3.26. The van der Waals surface area contributed by atoms with Crippen molar-refractivity contribution in [3.8, 4) is 11.5 Å². The third-order valence-corrected chi connectivity index (χ3v) is 4.70. The largest absolute Gasteiger partial charge is 0.462 e. The fraction of sp³-hybridized carbons (Fsp3) is 0.500. The first kappa shape index (κ1) is 30.0. The molecule has 0 bridgehead atoms. The van der Waals surface area contributed by atoms with E-state index < -0.39 is 0 Å². The highest BCUT2D eigenvalue weighted by molar-refractivity contribution is 7.94. The molecule has 0 saturated heterocycles. The van der Waals surface area contributed by atoms with E-state index in [4.69, 9.17) is 13.8 Å². The number of benzene rings is 2. The Morgan fingerprint density at radius 3 is 2.00 bits per heavy atom. The van der Waals surface area contributed by atoms with Gasteiger partial charge in [0.1, 0.15) is 11.5 Å². The van der Waals surface area contributed by atoms with Gasteiger partial charge in [0.2, 0.25) is 0 Å². The van der Waals surface area contributed by atoms with Crippen molar-refractivity contribution < 1.29 is 18.6 Å². The number of aryl methyl sites for hydroxylation is 2. The maximum Gasteiger partial charge on any atom is 0.338 e. The molecule has 0 heterocycles. The average molecular weight is 464 g/mol. The summed E-state index contributed by atoms with van der Waals surface area (Å²) in [7, 11) is 0. The predicted molar refractivity (Wildman–Crippen MR) is 136 cm³/mol. The number of carbonyl (C=O) groups is 1. The molecule has 0 unspecified atom stereocenters. The first-order valence-electron chi connectivity index (χ1n) is 11.6. The lowest BCUT2D eigenvalue weighted by Crippen LogP contribution is -2.19. The van der Waals surface area contributed by atoms with Crippen molar-refractivity contribution in [1.29, 1.82) is 0 Å². The zero-order chi connectivity index (χ0) is 24.5. The summed E-state index contributed by atoms with van der Waals surface area (Å²) in [5, 5.41) is 1.83. The number of rotatable bonds is 9. The van der Waals surface area contributed by atoms with E-state index >= 15 is 0 Å². The van der Waals surface area contributed by atoms with Gasteiger partial charge in [-0.05, 0) is 50.6 Å². The second-order valence-corrected chi connectivity index (χ2v) is 7.49. The van der Waals surface area contributed by atoms with Crippen LogP contribution >= 0.6 is 12.0 Å². The predicted octanol–water partition coefficient (Wildman–Crippen LogP) is 8.00. The molecule has 0 N–H and O–H groups in total. The molecule has 5 nitrogen and oxygen atoms in total. The number of hydrogen-bond donors (Lipinski definition) is 0. The van der Waals surface area contributed by atoms with Crippen molar-refractivity contribution in [2.45, 2.75) is 73.6 Å². The van der Waals surface area contributed by atoms with E-state index in [1.54, 1.807) is 19.1 Å². The molecular formula is C26H41NO4S. The molecule has 0 aliphatic heterocycles. The van der Waals surface area contributed by atoms with Gasteiger partial charge in [0.25, 0.3) is 0 Å². The number of carbonyl (C=O) groups excluding carboxylic acids is 1. The van der Waals surface area contributed by atoms with Crippen LogP contribution in [0.25, 0.3) is 0 Å². The van der Waals surface area contributed by atoms with Crippen molar-refractivity contribution in [3.05, 3.63) is 53.1 Å². The van der Waals surface area contributed by atoms with Crippen LogP contribution in [0.4, 0.5) is 0 Å². The molecule has 0 saturated carbocycles. The van der Waals surface area contributed by atoms with E-state index in [1.807, 2.05) is 70.9 Å². The molecule has 180 valence electrons. The van der Waals surface area contributed by atoms with Gasteiger partial charge in [-0.2, -0.15) is 5.06 Å². The van der Waals surface area contributed by atoms with Gasteiger partial charge in [-0.1, -0.05) is 65.7 Å². The van der Waals surface area contributed by atoms with Gasteiger partial charge in [-0.15, -0.1) is 0 Å². The van der Waals surface area contributed by atoms with Gasteiger partial charge in [0.05, 0.1) is 29.1 Å². The van der Waals surface area contributed by atoms with Gasteiger partial charge in [0, 0.05) is 13.1 Å². The van der Waals surface area contributed by atoms with Gasteiger partial charge < -0.3 is 9.47 Å². The summed E-state index contributed by atoms with van der Waals surface area (Å²) >= 11 is 1.18. The normalized spacial score (nSPS) is 9.94. The lowest BCUT2D eigenvalue weighted by Gasteiger charge is -2.19. The lowest BCUT2D eigenvalue weighted by molar-refractivity contribution is -0.0266. The van der Waals surface area contributed by atoms with Crippen LogP contribution < -0.4 is 4.74 Å². The van der Waals surface area contributed by atoms with Crippen LogP contribution in [0.3, 0.4) is 0 Å². The van der Waals surface area contributed by atoms with Gasteiger partial charge >= 0.3 is 5.97 Å². The highest BCUT2D eigenvalue weighted by Gasteiger charge is 2.17. The highest BCUT2D eigenvalue weighted by Crippen LogP contribution is 2.38. The monoisotopic (exact) mass is 463 g/mol. The van der Waals surface area contributed by atoms with Gasteiger partial charge in [-0.3, -0.25) is 0 Å². The molecule has 0 spiro atoms. The fourth-order valence-electron chi connectivity index (χ4n) is 2.41. The number of esters is 1. The Kier molecular flexibility index (Phi) is 16.4. The number of hydrogen-bond acceptors (Lipinski definition) is 6. The zero-order valence-corrected chi connectivity index (χ0v) is 22.1. The highest BCUT2D eigenvalue weighted by atomic mass is 32.2. The summed E-state index contributed by atoms with van der Waals surface area (Å²) < 4.78 is 17.0. The van der Waals surface area contributed by atoms with Crippen molar-refractivity contribution in [1.82, 2.24) is 5.06 Å². The van der Waals surface area contributed by atoms with Crippen LogP contribution in [0.1, 0.15) is 76.4 Å². The molecule has 0 atom stereocenters. The maximum atomic E-state index is 12.2. The molecule has 0 fully saturated rings. The van der Waals surface area contributed by atoms with Crippen molar-refractivity contribution in [2.75, 3.05) is 19.7 Å². The minimum absolute atomic E-state index is 0.331. The molecular weight excluding hydrogens is 422 g/mol. The van der Waals surface area contributed by atoms with Gasteiger partial charge in [0.15, 0.2) is 0 Å². The van der Waals surface area contributed by atoms with Crippen LogP contribution in [0.5, 0.6) is 11.5 Å². The second kappa shape index (κ2) is 17.5. The first-order chi connectivity index (χ1) is 15.4. The molecule has 32 heavy (non-hydrogen) atoms. The minimum atomic E-state index is -0.354. The second-order valence-electron chi connectivity index (χ2n) is 6.74. The SMILES string of the molecule is CC.CCC.CCOC(=O)c1cc(C)c(Oc2ccc(C)cc2)c(SON(CC)CC)c1. The Bertz CT molecular complexity index is 774. The van der Waals surface area contributed by atoms with Crippen LogP contribution in [-0.2, 0) is 9.02 Å². The Morgan fingerprint density at radius 2 is 1.50 bits per heavy atom. The van der Waals surface area contributed by atoms with E-state index in [9.17, 15) is 4.79 Å². The Balaban J connectivity index is 0.00000177.